The van der Waals surface area contributed by atoms with E-state index in [0.717, 1.165) is 10.2 Å². The largest absolute Gasteiger partial charge is 0.383 e. The third kappa shape index (κ3) is 3.96. The molecule has 5 heteroatoms. The average Bonchev–Trinajstić information content (AvgIpc) is 2.26. The van der Waals surface area contributed by atoms with E-state index in [9.17, 15) is 0 Å². The van der Waals surface area contributed by atoms with Crippen LogP contribution in [0.25, 0.3) is 0 Å². The van der Waals surface area contributed by atoms with Gasteiger partial charge in [0.05, 0.1) is 18.4 Å². The number of ether oxygens (including phenoxy) is 1. The highest BCUT2D eigenvalue weighted by atomic mass is 79.9. The fraction of sp³-hybridized carbons (Fsp3) is 0.400. The normalized spacial score (nSPS) is 12.1. The zero-order chi connectivity index (χ0) is 11.1. The van der Waals surface area contributed by atoms with Crippen molar-refractivity contribution in [3.8, 4) is 6.07 Å². The summed E-state index contributed by atoms with van der Waals surface area (Å²) in [7, 11) is 1.63. The molecule has 1 rings (SSSR count). The van der Waals surface area contributed by atoms with Crippen LogP contribution in [0.5, 0.6) is 0 Å². The van der Waals surface area contributed by atoms with Crippen LogP contribution in [0, 0.1) is 11.3 Å². The zero-order valence-corrected chi connectivity index (χ0v) is 9.99. The van der Waals surface area contributed by atoms with E-state index in [-0.39, 0.29) is 6.04 Å². The van der Waals surface area contributed by atoms with Gasteiger partial charge in [-0.05, 0) is 28.1 Å². The van der Waals surface area contributed by atoms with Crippen LogP contribution in [0.1, 0.15) is 11.7 Å². The first kappa shape index (κ1) is 12.1. The fourth-order valence-corrected chi connectivity index (χ4v) is 1.31. The van der Waals surface area contributed by atoms with E-state index in [2.05, 4.69) is 32.3 Å². The minimum atomic E-state index is -0.381. The van der Waals surface area contributed by atoms with Gasteiger partial charge in [0.1, 0.15) is 6.04 Å². The van der Waals surface area contributed by atoms with Crippen molar-refractivity contribution in [2.75, 3.05) is 20.3 Å². The second-order valence-corrected chi connectivity index (χ2v) is 3.83. The maximum Gasteiger partial charge on any atom is 0.138 e. The van der Waals surface area contributed by atoms with E-state index in [4.69, 9.17) is 10.00 Å². The summed E-state index contributed by atoms with van der Waals surface area (Å²) >= 11 is 3.29. The first-order chi connectivity index (χ1) is 7.27. The van der Waals surface area contributed by atoms with Gasteiger partial charge in [-0.1, -0.05) is 0 Å². The Morgan fingerprint density at radius 1 is 1.67 bits per heavy atom. The molecule has 0 aliphatic heterocycles. The third-order valence-corrected chi connectivity index (χ3v) is 2.30. The first-order valence-electron chi connectivity index (χ1n) is 4.51. The Labute approximate surface area is 97.4 Å². The first-order valence-corrected chi connectivity index (χ1v) is 5.30. The smallest absolute Gasteiger partial charge is 0.138 e. The number of aromatic nitrogens is 1. The summed E-state index contributed by atoms with van der Waals surface area (Å²) in [6, 6.07) is 5.45. The molecule has 4 nitrogen and oxygen atoms in total. The van der Waals surface area contributed by atoms with Crippen LogP contribution < -0.4 is 5.32 Å². The molecular formula is C10H12BrN3O. The van der Waals surface area contributed by atoms with Gasteiger partial charge in [0.15, 0.2) is 0 Å². The van der Waals surface area contributed by atoms with Crippen molar-refractivity contribution in [1.29, 1.82) is 5.26 Å². The number of pyridine rings is 1. The third-order valence-electron chi connectivity index (χ3n) is 1.83. The fourth-order valence-electron chi connectivity index (χ4n) is 1.08. The summed E-state index contributed by atoms with van der Waals surface area (Å²) in [4.78, 5) is 4.16. The Morgan fingerprint density at radius 3 is 3.00 bits per heavy atom. The highest BCUT2D eigenvalue weighted by Crippen LogP contribution is 2.12. The Hall–Kier alpha value is -0.960. The van der Waals surface area contributed by atoms with Crippen molar-refractivity contribution in [2.24, 2.45) is 0 Å². The van der Waals surface area contributed by atoms with Gasteiger partial charge in [0.25, 0.3) is 0 Å². The summed E-state index contributed by atoms with van der Waals surface area (Å²) in [6.45, 7) is 1.21. The number of hydrogen-bond acceptors (Lipinski definition) is 4. The highest BCUT2D eigenvalue weighted by Gasteiger charge is 2.10. The summed E-state index contributed by atoms with van der Waals surface area (Å²) in [5.41, 5.74) is 0.719. The molecule has 0 radical (unpaired) electrons. The number of rotatable bonds is 5. The molecule has 0 amide bonds. The SMILES string of the molecule is COCCNC(C#N)c1ccc(Br)cn1. The minimum Gasteiger partial charge on any atom is -0.383 e. The van der Waals surface area contributed by atoms with Crippen LogP contribution in [0.2, 0.25) is 0 Å². The monoisotopic (exact) mass is 269 g/mol. The van der Waals surface area contributed by atoms with Gasteiger partial charge in [0.2, 0.25) is 0 Å². The van der Waals surface area contributed by atoms with Crippen LogP contribution in [0.3, 0.4) is 0 Å². The Balaban J connectivity index is 2.59. The van der Waals surface area contributed by atoms with E-state index >= 15 is 0 Å². The number of nitriles is 1. The molecule has 80 valence electrons. The molecule has 15 heavy (non-hydrogen) atoms. The molecule has 0 aliphatic rings. The molecule has 1 N–H and O–H groups in total. The number of halogens is 1. The lowest BCUT2D eigenvalue weighted by atomic mass is 10.2. The summed E-state index contributed by atoms with van der Waals surface area (Å²) in [5, 5.41) is 12.0. The van der Waals surface area contributed by atoms with E-state index < -0.39 is 0 Å². The van der Waals surface area contributed by atoms with Gasteiger partial charge < -0.3 is 4.74 Å². The molecule has 1 unspecified atom stereocenters. The molecule has 1 heterocycles. The van der Waals surface area contributed by atoms with Gasteiger partial charge >= 0.3 is 0 Å². The van der Waals surface area contributed by atoms with E-state index in [1.807, 2.05) is 12.1 Å². The molecule has 0 bridgehead atoms. The van der Waals surface area contributed by atoms with Crippen molar-refractivity contribution in [1.82, 2.24) is 10.3 Å². The van der Waals surface area contributed by atoms with Crippen LogP contribution in [-0.4, -0.2) is 25.2 Å². The number of hydrogen-bond donors (Lipinski definition) is 1. The molecule has 1 atom stereocenters. The van der Waals surface area contributed by atoms with Crippen molar-refractivity contribution in [3.63, 3.8) is 0 Å². The van der Waals surface area contributed by atoms with E-state index in [0.29, 0.717) is 13.2 Å². The molecule has 1 aromatic heterocycles. The maximum absolute atomic E-state index is 8.94. The van der Waals surface area contributed by atoms with E-state index in [1.54, 1.807) is 13.3 Å². The lowest BCUT2D eigenvalue weighted by Gasteiger charge is -2.10. The van der Waals surface area contributed by atoms with Crippen molar-refractivity contribution in [2.45, 2.75) is 6.04 Å². The van der Waals surface area contributed by atoms with Crippen LogP contribution in [0.15, 0.2) is 22.8 Å². The van der Waals surface area contributed by atoms with Crippen LogP contribution in [-0.2, 0) is 4.74 Å². The minimum absolute atomic E-state index is 0.381. The molecular weight excluding hydrogens is 258 g/mol. The van der Waals surface area contributed by atoms with Crippen molar-refractivity contribution >= 4 is 15.9 Å². The Morgan fingerprint density at radius 2 is 2.47 bits per heavy atom. The number of nitrogens with one attached hydrogen (secondary N) is 1. The standard InChI is InChI=1S/C10H12BrN3O/c1-15-5-4-13-10(6-12)9-3-2-8(11)7-14-9/h2-3,7,10,13H,4-5H2,1H3. The van der Waals surface area contributed by atoms with Gasteiger partial charge in [-0.3, -0.25) is 10.3 Å². The lowest BCUT2D eigenvalue weighted by Crippen LogP contribution is -2.24. The van der Waals surface area contributed by atoms with Crippen LogP contribution in [0.4, 0.5) is 0 Å². The summed E-state index contributed by atoms with van der Waals surface area (Å²) < 4.78 is 5.79. The average molecular weight is 270 g/mol. The molecule has 0 fully saturated rings. The van der Waals surface area contributed by atoms with Crippen LogP contribution >= 0.6 is 15.9 Å². The topological polar surface area (TPSA) is 57.9 Å². The maximum atomic E-state index is 8.94. The Bertz CT molecular complexity index is 334. The zero-order valence-electron chi connectivity index (χ0n) is 8.40. The quantitative estimate of drug-likeness (QED) is 0.826. The van der Waals surface area contributed by atoms with Gasteiger partial charge in [0, 0.05) is 24.3 Å². The summed E-state index contributed by atoms with van der Waals surface area (Å²) in [5.74, 6) is 0. The van der Waals surface area contributed by atoms with Crippen molar-refractivity contribution in [3.05, 3.63) is 28.5 Å². The molecule has 0 saturated carbocycles. The number of methoxy groups -OCH3 is 1. The molecule has 0 aromatic carbocycles. The Kier molecular flexibility index (Phi) is 5.26. The second kappa shape index (κ2) is 6.51. The molecule has 1 aromatic rings. The van der Waals surface area contributed by atoms with Gasteiger partial charge in [-0.2, -0.15) is 5.26 Å². The molecule has 0 spiro atoms. The van der Waals surface area contributed by atoms with Gasteiger partial charge in [-0.25, -0.2) is 0 Å². The second-order valence-electron chi connectivity index (χ2n) is 2.91. The molecule has 0 aliphatic carbocycles. The van der Waals surface area contributed by atoms with Crippen molar-refractivity contribution < 1.29 is 4.74 Å². The van der Waals surface area contributed by atoms with E-state index in [1.165, 1.54) is 0 Å². The highest BCUT2D eigenvalue weighted by molar-refractivity contribution is 9.10. The predicted octanol–water partition coefficient (Wildman–Crippen LogP) is 1.64. The van der Waals surface area contributed by atoms with Gasteiger partial charge in [-0.15, -0.1) is 0 Å². The molecule has 0 saturated heterocycles. The predicted molar refractivity (Wildman–Crippen MR) is 60.2 cm³/mol. The lowest BCUT2D eigenvalue weighted by molar-refractivity contribution is 0.197. The number of nitrogens with zero attached hydrogens (tertiary/aromatic N) is 2. The summed E-state index contributed by atoms with van der Waals surface area (Å²) in [6.07, 6.45) is 1.68.